The number of likely N-dealkylation sites (tertiary alicyclic amines) is 2. The van der Waals surface area contributed by atoms with Gasteiger partial charge in [0.25, 0.3) is 0 Å². The van der Waals surface area contributed by atoms with Gasteiger partial charge in [-0.3, -0.25) is 9.59 Å². The summed E-state index contributed by atoms with van der Waals surface area (Å²) in [6, 6.07) is 6.34. The van der Waals surface area contributed by atoms with Crippen molar-refractivity contribution in [2.45, 2.75) is 38.6 Å². The van der Waals surface area contributed by atoms with Gasteiger partial charge in [0.05, 0.1) is 5.41 Å². The van der Waals surface area contributed by atoms with E-state index in [0.29, 0.717) is 32.8 Å². The number of benzene rings is 1. The number of piperidine rings is 1. The maximum atomic E-state index is 13.3. The zero-order valence-electron chi connectivity index (χ0n) is 15.7. The van der Waals surface area contributed by atoms with E-state index in [2.05, 4.69) is 0 Å². The quantitative estimate of drug-likeness (QED) is 0.817. The van der Waals surface area contributed by atoms with E-state index < -0.39 is 5.41 Å². The zero-order valence-corrected chi connectivity index (χ0v) is 15.7. The fraction of sp³-hybridized carbons (Fsp3) is 0.619. The summed E-state index contributed by atoms with van der Waals surface area (Å²) < 4.78 is 18.5. The van der Waals surface area contributed by atoms with E-state index in [1.165, 1.54) is 12.1 Å². The van der Waals surface area contributed by atoms with E-state index >= 15 is 0 Å². The van der Waals surface area contributed by atoms with Crippen molar-refractivity contribution >= 4 is 11.8 Å². The Morgan fingerprint density at radius 2 is 1.89 bits per heavy atom. The highest BCUT2D eigenvalue weighted by Crippen LogP contribution is 2.41. The standard InChI is InChI=1S/C21H27FN2O3/c22-18-4-2-16(3-5-18)14-23-10-1-8-21(20(23)26)9-11-24(15-21)19(25)17-6-12-27-13-7-17/h2-5,17H,1,6-15H2/t21-/m0/s1. The summed E-state index contributed by atoms with van der Waals surface area (Å²) in [7, 11) is 0. The molecule has 3 saturated heterocycles. The van der Waals surface area contributed by atoms with Gasteiger partial charge >= 0.3 is 0 Å². The Balaban J connectivity index is 1.42. The molecule has 5 nitrogen and oxygen atoms in total. The number of carbonyl (C=O) groups is 2. The molecule has 0 aliphatic carbocycles. The number of hydrogen-bond acceptors (Lipinski definition) is 3. The van der Waals surface area contributed by atoms with E-state index in [-0.39, 0.29) is 23.5 Å². The van der Waals surface area contributed by atoms with Gasteiger partial charge in [0.1, 0.15) is 5.82 Å². The summed E-state index contributed by atoms with van der Waals surface area (Å²) in [5.74, 6) is 0.125. The lowest BCUT2D eigenvalue weighted by atomic mass is 9.78. The van der Waals surface area contributed by atoms with Crippen LogP contribution in [0.4, 0.5) is 4.39 Å². The molecule has 3 heterocycles. The molecule has 27 heavy (non-hydrogen) atoms. The third-order valence-corrected chi connectivity index (χ3v) is 6.35. The van der Waals surface area contributed by atoms with Crippen LogP contribution < -0.4 is 0 Å². The predicted molar refractivity (Wildman–Crippen MR) is 98.2 cm³/mol. The summed E-state index contributed by atoms with van der Waals surface area (Å²) in [5.41, 5.74) is 0.508. The van der Waals surface area contributed by atoms with Gasteiger partial charge in [-0.25, -0.2) is 4.39 Å². The third-order valence-electron chi connectivity index (χ3n) is 6.35. The second-order valence-electron chi connectivity index (χ2n) is 8.13. The van der Waals surface area contributed by atoms with Gasteiger partial charge in [0.15, 0.2) is 0 Å². The van der Waals surface area contributed by atoms with E-state index in [1.807, 2.05) is 9.80 Å². The summed E-state index contributed by atoms with van der Waals surface area (Å²) in [5, 5.41) is 0. The van der Waals surface area contributed by atoms with Gasteiger partial charge in [-0.2, -0.15) is 0 Å². The molecule has 3 aliphatic heterocycles. The molecule has 0 bridgehead atoms. The van der Waals surface area contributed by atoms with Crippen LogP contribution in [0.3, 0.4) is 0 Å². The summed E-state index contributed by atoms with van der Waals surface area (Å²) in [6.07, 6.45) is 4.12. The second-order valence-corrected chi connectivity index (χ2v) is 8.13. The minimum atomic E-state index is -0.431. The largest absolute Gasteiger partial charge is 0.381 e. The van der Waals surface area contributed by atoms with Crippen LogP contribution in [0.1, 0.15) is 37.7 Å². The normalized spacial score (nSPS) is 26.8. The average Bonchev–Trinajstić information content (AvgIpc) is 3.12. The van der Waals surface area contributed by atoms with Crippen molar-refractivity contribution < 1.29 is 18.7 Å². The molecule has 1 spiro atoms. The van der Waals surface area contributed by atoms with Crippen molar-refractivity contribution in [1.29, 1.82) is 0 Å². The van der Waals surface area contributed by atoms with Gasteiger partial charge in [0.2, 0.25) is 11.8 Å². The molecule has 146 valence electrons. The first kappa shape index (κ1) is 18.4. The van der Waals surface area contributed by atoms with E-state index in [4.69, 9.17) is 4.74 Å². The summed E-state index contributed by atoms with van der Waals surface area (Å²) in [4.78, 5) is 29.9. The molecule has 4 rings (SSSR count). The topological polar surface area (TPSA) is 49.9 Å². The maximum Gasteiger partial charge on any atom is 0.230 e. The fourth-order valence-electron chi connectivity index (χ4n) is 4.76. The van der Waals surface area contributed by atoms with Crippen LogP contribution in [0.15, 0.2) is 24.3 Å². The minimum Gasteiger partial charge on any atom is -0.381 e. The SMILES string of the molecule is O=C(C1CCOCC1)N1CC[C@@]2(CCCN(Cc3ccc(F)cc3)C2=O)C1. The predicted octanol–water partition coefficient (Wildman–Crippen LogP) is 2.59. The number of rotatable bonds is 3. The van der Waals surface area contributed by atoms with Gasteiger partial charge in [0, 0.05) is 45.3 Å². The van der Waals surface area contributed by atoms with Gasteiger partial charge in [-0.05, 0) is 49.8 Å². The lowest BCUT2D eigenvalue weighted by molar-refractivity contribution is -0.147. The average molecular weight is 374 g/mol. The molecule has 1 aromatic carbocycles. The molecule has 0 unspecified atom stereocenters. The van der Waals surface area contributed by atoms with Crippen molar-refractivity contribution in [1.82, 2.24) is 9.80 Å². The highest BCUT2D eigenvalue weighted by atomic mass is 19.1. The molecule has 0 N–H and O–H groups in total. The van der Waals surface area contributed by atoms with Crippen LogP contribution in [-0.4, -0.2) is 54.5 Å². The van der Waals surface area contributed by atoms with Crippen LogP contribution in [-0.2, 0) is 20.9 Å². The lowest BCUT2D eigenvalue weighted by Gasteiger charge is -2.39. The smallest absolute Gasteiger partial charge is 0.230 e. The Kier molecular flexibility index (Phi) is 5.17. The molecule has 0 saturated carbocycles. The Bertz CT molecular complexity index is 702. The van der Waals surface area contributed by atoms with Gasteiger partial charge in [-0.15, -0.1) is 0 Å². The van der Waals surface area contributed by atoms with Crippen molar-refractivity contribution in [2.75, 3.05) is 32.8 Å². The first-order chi connectivity index (χ1) is 13.1. The number of nitrogens with zero attached hydrogens (tertiary/aromatic N) is 2. The molecule has 0 aromatic heterocycles. The third kappa shape index (κ3) is 3.72. The first-order valence-corrected chi connectivity index (χ1v) is 9.98. The molecule has 0 radical (unpaired) electrons. The number of hydrogen-bond donors (Lipinski definition) is 0. The van der Waals surface area contributed by atoms with Crippen LogP contribution in [0, 0.1) is 17.2 Å². The first-order valence-electron chi connectivity index (χ1n) is 9.98. The van der Waals surface area contributed by atoms with Crippen LogP contribution in [0.5, 0.6) is 0 Å². The molecule has 6 heteroatoms. The molecular weight excluding hydrogens is 347 g/mol. The Morgan fingerprint density at radius 1 is 1.15 bits per heavy atom. The number of carbonyl (C=O) groups excluding carboxylic acids is 2. The van der Waals surface area contributed by atoms with Crippen molar-refractivity contribution in [3.05, 3.63) is 35.6 Å². The molecule has 1 aromatic rings. The molecule has 3 aliphatic rings. The van der Waals surface area contributed by atoms with E-state index in [9.17, 15) is 14.0 Å². The molecular formula is C21H27FN2O3. The van der Waals surface area contributed by atoms with Crippen LogP contribution >= 0.6 is 0 Å². The van der Waals surface area contributed by atoms with Crippen molar-refractivity contribution in [3.8, 4) is 0 Å². The van der Waals surface area contributed by atoms with Gasteiger partial charge in [-0.1, -0.05) is 12.1 Å². The van der Waals surface area contributed by atoms with E-state index in [1.54, 1.807) is 12.1 Å². The fourth-order valence-corrected chi connectivity index (χ4v) is 4.76. The van der Waals surface area contributed by atoms with Crippen LogP contribution in [0.2, 0.25) is 0 Å². The molecule has 1 atom stereocenters. The monoisotopic (exact) mass is 374 g/mol. The minimum absolute atomic E-state index is 0.0444. The summed E-state index contributed by atoms with van der Waals surface area (Å²) >= 11 is 0. The number of halogens is 1. The zero-order chi connectivity index (χ0) is 18.9. The number of amides is 2. The maximum absolute atomic E-state index is 13.3. The van der Waals surface area contributed by atoms with E-state index in [0.717, 1.165) is 44.2 Å². The summed E-state index contributed by atoms with van der Waals surface area (Å²) in [6.45, 7) is 3.76. The highest BCUT2D eigenvalue weighted by Gasteiger charge is 2.49. The molecule has 3 fully saturated rings. The second kappa shape index (κ2) is 7.58. The van der Waals surface area contributed by atoms with Gasteiger partial charge < -0.3 is 14.5 Å². The number of ether oxygens (including phenoxy) is 1. The lowest BCUT2D eigenvalue weighted by Crippen LogP contribution is -2.50. The van der Waals surface area contributed by atoms with Crippen molar-refractivity contribution in [2.24, 2.45) is 11.3 Å². The molecule has 2 amide bonds. The Labute approximate surface area is 159 Å². The Hall–Kier alpha value is -1.95. The highest BCUT2D eigenvalue weighted by molar-refractivity contribution is 5.86. The van der Waals surface area contributed by atoms with Crippen molar-refractivity contribution in [3.63, 3.8) is 0 Å². The van der Waals surface area contributed by atoms with Crippen LogP contribution in [0.25, 0.3) is 0 Å². The Morgan fingerprint density at radius 3 is 2.63 bits per heavy atom.